The molecule has 0 spiro atoms. The van der Waals surface area contributed by atoms with Crippen LogP contribution in [0.3, 0.4) is 0 Å². The fraction of sp³-hybridized carbons (Fsp3) is 0.955. The van der Waals surface area contributed by atoms with Crippen molar-refractivity contribution < 1.29 is 59.1 Å². The van der Waals surface area contributed by atoms with E-state index in [4.69, 9.17) is 24.7 Å². The molecule has 0 aromatic heterocycles. The number of esters is 1. The van der Waals surface area contributed by atoms with E-state index in [1.807, 2.05) is 0 Å². The van der Waals surface area contributed by atoms with Crippen LogP contribution in [0.4, 0.5) is 0 Å². The summed E-state index contributed by atoms with van der Waals surface area (Å²) in [7, 11) is 1.37. The SMILES string of the molecule is COC(=O)CCCCCCCCO[C@@H]1OC(CO)[C@@H](O)C(O[C@@H]2OC(CO)[C@H](O)C(O)C2O)C1N. The number of hydrogen-bond donors (Lipinski definition) is 7. The van der Waals surface area contributed by atoms with Gasteiger partial charge in [-0.2, -0.15) is 0 Å². The molecule has 8 N–H and O–H groups in total. The smallest absolute Gasteiger partial charge is 0.305 e. The number of aliphatic hydroxyl groups excluding tert-OH is 6. The molecule has 2 heterocycles. The van der Waals surface area contributed by atoms with E-state index < -0.39 is 74.6 Å². The topological polar surface area (TPSA) is 211 Å². The van der Waals surface area contributed by atoms with Crippen molar-refractivity contribution in [1.82, 2.24) is 0 Å². The number of hydrogen-bond acceptors (Lipinski definition) is 13. The van der Waals surface area contributed by atoms with E-state index in [-0.39, 0.29) is 5.97 Å². The zero-order valence-electron chi connectivity index (χ0n) is 20.1. The number of rotatable bonds is 14. The molecular formula is C22H41NO12. The monoisotopic (exact) mass is 511 g/mol. The second-order valence-electron chi connectivity index (χ2n) is 8.91. The Morgan fingerprint density at radius 2 is 1.37 bits per heavy atom. The number of methoxy groups -OCH3 is 1. The highest BCUT2D eigenvalue weighted by molar-refractivity contribution is 5.68. The van der Waals surface area contributed by atoms with E-state index in [0.29, 0.717) is 19.4 Å². The Labute approximate surface area is 204 Å². The zero-order chi connectivity index (χ0) is 26.0. The van der Waals surface area contributed by atoms with Crippen molar-refractivity contribution in [2.24, 2.45) is 5.73 Å². The van der Waals surface area contributed by atoms with Gasteiger partial charge in [-0.05, 0) is 12.8 Å². The fourth-order valence-electron chi connectivity index (χ4n) is 4.12. The molecule has 2 aliphatic rings. The number of aliphatic hydroxyl groups is 6. The third kappa shape index (κ3) is 8.54. The summed E-state index contributed by atoms with van der Waals surface area (Å²) < 4.78 is 26.9. The van der Waals surface area contributed by atoms with Crippen molar-refractivity contribution >= 4 is 5.97 Å². The van der Waals surface area contributed by atoms with Gasteiger partial charge < -0.3 is 60.1 Å². The molecule has 6 unspecified atom stereocenters. The summed E-state index contributed by atoms with van der Waals surface area (Å²) in [4.78, 5) is 11.1. The predicted molar refractivity (Wildman–Crippen MR) is 119 cm³/mol. The molecule has 0 saturated carbocycles. The van der Waals surface area contributed by atoms with Crippen LogP contribution < -0.4 is 5.73 Å². The van der Waals surface area contributed by atoms with Gasteiger partial charge in [-0.3, -0.25) is 4.79 Å². The van der Waals surface area contributed by atoms with Crippen LogP contribution in [-0.4, -0.2) is 125 Å². The van der Waals surface area contributed by atoms with Gasteiger partial charge in [0.2, 0.25) is 0 Å². The van der Waals surface area contributed by atoms with E-state index in [0.717, 1.165) is 32.1 Å². The maximum atomic E-state index is 11.1. The molecule has 0 bridgehead atoms. The summed E-state index contributed by atoms with van der Waals surface area (Å²) in [6, 6.07) is -1.03. The van der Waals surface area contributed by atoms with Crippen LogP contribution in [0.15, 0.2) is 0 Å². The highest BCUT2D eigenvalue weighted by Gasteiger charge is 2.50. The number of unbranched alkanes of at least 4 members (excludes halogenated alkanes) is 5. The Kier molecular flexibility index (Phi) is 13.2. The van der Waals surface area contributed by atoms with E-state index >= 15 is 0 Å². The maximum Gasteiger partial charge on any atom is 0.305 e. The van der Waals surface area contributed by atoms with Gasteiger partial charge in [0.05, 0.1) is 26.4 Å². The molecule has 2 fully saturated rings. The van der Waals surface area contributed by atoms with Crippen LogP contribution in [-0.2, 0) is 28.5 Å². The minimum atomic E-state index is -1.67. The Hall–Kier alpha value is -0.970. The largest absolute Gasteiger partial charge is 0.469 e. The van der Waals surface area contributed by atoms with Crippen molar-refractivity contribution in [3.8, 4) is 0 Å². The molecule has 13 heteroatoms. The molecule has 0 aliphatic carbocycles. The first kappa shape index (κ1) is 30.3. The first-order chi connectivity index (χ1) is 16.7. The third-order valence-electron chi connectivity index (χ3n) is 6.32. The molecule has 35 heavy (non-hydrogen) atoms. The molecular weight excluding hydrogens is 470 g/mol. The van der Waals surface area contributed by atoms with Crippen molar-refractivity contribution in [2.45, 2.75) is 106 Å². The predicted octanol–water partition coefficient (Wildman–Crippen LogP) is -2.50. The minimum absolute atomic E-state index is 0.206. The quantitative estimate of drug-likeness (QED) is 0.0950. The second kappa shape index (κ2) is 15.3. The number of nitrogens with two attached hydrogens (primary N) is 1. The Morgan fingerprint density at radius 1 is 0.800 bits per heavy atom. The van der Waals surface area contributed by atoms with Crippen LogP contribution in [0.2, 0.25) is 0 Å². The molecule has 2 rings (SSSR count). The van der Waals surface area contributed by atoms with Crippen LogP contribution in [0, 0.1) is 0 Å². The standard InChI is InChI=1S/C22H41NO12/c1-31-14(26)8-6-4-2-3-5-7-9-32-21-15(23)20(17(28)13(11-25)33-21)35-22-19(30)18(29)16(27)12(10-24)34-22/h12-13,15-22,24-25,27-30H,2-11,23H2,1H3/t12?,13?,15?,16-,17+,18?,19?,20?,21+,22-/m0/s1. The molecule has 0 radical (unpaired) electrons. The molecule has 206 valence electrons. The highest BCUT2D eigenvalue weighted by atomic mass is 16.7. The molecule has 10 atom stereocenters. The lowest BCUT2D eigenvalue weighted by Crippen LogP contribution is -2.66. The molecule has 0 aromatic carbocycles. The number of carbonyl (C=O) groups is 1. The number of ether oxygens (including phenoxy) is 5. The lowest BCUT2D eigenvalue weighted by molar-refractivity contribution is -0.343. The lowest BCUT2D eigenvalue weighted by atomic mass is 9.96. The average molecular weight is 512 g/mol. The van der Waals surface area contributed by atoms with Crippen molar-refractivity contribution in [3.05, 3.63) is 0 Å². The van der Waals surface area contributed by atoms with Gasteiger partial charge in [0.25, 0.3) is 0 Å². The second-order valence-corrected chi connectivity index (χ2v) is 8.91. The summed E-state index contributed by atoms with van der Waals surface area (Å²) >= 11 is 0. The zero-order valence-corrected chi connectivity index (χ0v) is 20.1. The molecule has 13 nitrogen and oxygen atoms in total. The first-order valence-corrected chi connectivity index (χ1v) is 12.1. The summed E-state index contributed by atoms with van der Waals surface area (Å²) in [6.07, 6.45) is -6.61. The first-order valence-electron chi connectivity index (χ1n) is 12.1. The van der Waals surface area contributed by atoms with Crippen LogP contribution in [0.25, 0.3) is 0 Å². The van der Waals surface area contributed by atoms with Gasteiger partial charge in [-0.1, -0.05) is 25.7 Å². The van der Waals surface area contributed by atoms with Gasteiger partial charge in [-0.15, -0.1) is 0 Å². The van der Waals surface area contributed by atoms with Crippen LogP contribution in [0.1, 0.15) is 44.9 Å². The molecule has 2 aliphatic heterocycles. The Balaban J connectivity index is 1.82. The molecule has 0 amide bonds. The van der Waals surface area contributed by atoms with Crippen LogP contribution in [0.5, 0.6) is 0 Å². The molecule has 0 aromatic rings. The third-order valence-corrected chi connectivity index (χ3v) is 6.32. The Morgan fingerprint density at radius 3 is 2.00 bits per heavy atom. The van der Waals surface area contributed by atoms with E-state index in [1.54, 1.807) is 0 Å². The lowest BCUT2D eigenvalue weighted by Gasteiger charge is -2.46. The van der Waals surface area contributed by atoms with E-state index in [1.165, 1.54) is 7.11 Å². The maximum absolute atomic E-state index is 11.1. The van der Waals surface area contributed by atoms with Gasteiger partial charge in [-0.25, -0.2) is 0 Å². The van der Waals surface area contributed by atoms with Crippen LogP contribution >= 0.6 is 0 Å². The average Bonchev–Trinajstić information content (AvgIpc) is 2.86. The van der Waals surface area contributed by atoms with Crippen molar-refractivity contribution in [3.63, 3.8) is 0 Å². The van der Waals surface area contributed by atoms with Crippen molar-refractivity contribution in [2.75, 3.05) is 26.9 Å². The van der Waals surface area contributed by atoms with E-state index in [9.17, 15) is 35.4 Å². The summed E-state index contributed by atoms with van der Waals surface area (Å²) in [5.74, 6) is -0.206. The summed E-state index contributed by atoms with van der Waals surface area (Å²) in [6.45, 7) is -0.876. The van der Waals surface area contributed by atoms with Gasteiger partial charge in [0.15, 0.2) is 12.6 Å². The van der Waals surface area contributed by atoms with Gasteiger partial charge >= 0.3 is 5.97 Å². The summed E-state index contributed by atoms with van der Waals surface area (Å²) in [5.41, 5.74) is 6.20. The van der Waals surface area contributed by atoms with Crippen molar-refractivity contribution in [1.29, 1.82) is 0 Å². The van der Waals surface area contributed by atoms with E-state index in [2.05, 4.69) is 4.74 Å². The highest BCUT2D eigenvalue weighted by Crippen LogP contribution is 2.29. The van der Waals surface area contributed by atoms with Gasteiger partial charge in [0.1, 0.15) is 42.7 Å². The minimum Gasteiger partial charge on any atom is -0.469 e. The summed E-state index contributed by atoms with van der Waals surface area (Å²) in [5, 5.41) is 59.7. The normalized spacial score (nSPS) is 37.8. The number of carbonyl (C=O) groups excluding carboxylic acids is 1. The fourth-order valence-corrected chi connectivity index (χ4v) is 4.12. The molecule has 2 saturated heterocycles. The van der Waals surface area contributed by atoms with Gasteiger partial charge in [0, 0.05) is 13.0 Å². The Bertz CT molecular complexity index is 611.